The number of hydrogen-bond acceptors (Lipinski definition) is 2. The maximum Gasteiger partial charge on any atom is 0.128 e. The van der Waals surface area contributed by atoms with Crippen LogP contribution in [0.3, 0.4) is 0 Å². The summed E-state index contributed by atoms with van der Waals surface area (Å²) in [5.74, 6) is 8.43. The summed E-state index contributed by atoms with van der Waals surface area (Å²) >= 11 is 0. The van der Waals surface area contributed by atoms with Gasteiger partial charge in [-0.3, -0.25) is 11.3 Å². The van der Waals surface area contributed by atoms with Crippen molar-refractivity contribution in [1.82, 2.24) is 5.43 Å². The van der Waals surface area contributed by atoms with Gasteiger partial charge in [0, 0.05) is 11.6 Å². The Bertz CT molecular complexity index is 492. The van der Waals surface area contributed by atoms with E-state index in [0.29, 0.717) is 5.41 Å². The molecule has 3 N–H and O–H groups in total. The lowest BCUT2D eigenvalue weighted by atomic mass is 9.48. The first-order valence-corrected chi connectivity index (χ1v) is 8.38. The number of halogens is 1. The molecular formula is C18H25FN2. The largest absolute Gasteiger partial charge is 0.271 e. The van der Waals surface area contributed by atoms with Crippen LogP contribution in [0.5, 0.6) is 0 Å². The van der Waals surface area contributed by atoms with Gasteiger partial charge in [-0.1, -0.05) is 18.2 Å². The molecular weight excluding hydrogens is 263 g/mol. The lowest BCUT2D eigenvalue weighted by molar-refractivity contribution is -0.0624. The third kappa shape index (κ3) is 2.40. The Morgan fingerprint density at radius 3 is 2.19 bits per heavy atom. The smallest absolute Gasteiger partial charge is 0.128 e. The Hall–Kier alpha value is -0.930. The zero-order valence-corrected chi connectivity index (χ0v) is 12.5. The molecule has 5 rings (SSSR count). The van der Waals surface area contributed by atoms with Crippen LogP contribution in [0.1, 0.15) is 56.6 Å². The van der Waals surface area contributed by atoms with Crippen molar-refractivity contribution in [2.24, 2.45) is 29.0 Å². The van der Waals surface area contributed by atoms with E-state index in [2.05, 4.69) is 5.43 Å². The molecule has 1 aromatic rings. The summed E-state index contributed by atoms with van der Waals surface area (Å²) in [6.45, 7) is 0. The molecule has 0 saturated heterocycles. The number of hydrazine groups is 1. The fourth-order valence-corrected chi connectivity index (χ4v) is 5.99. The van der Waals surface area contributed by atoms with Crippen LogP contribution in [0, 0.1) is 29.0 Å². The van der Waals surface area contributed by atoms with Crippen molar-refractivity contribution in [2.75, 3.05) is 0 Å². The van der Waals surface area contributed by atoms with E-state index < -0.39 is 0 Å². The average molecular weight is 288 g/mol. The molecule has 4 aliphatic carbocycles. The molecule has 0 aromatic heterocycles. The molecule has 4 saturated carbocycles. The molecule has 1 aromatic carbocycles. The van der Waals surface area contributed by atoms with E-state index in [4.69, 9.17) is 5.84 Å². The second-order valence-corrected chi connectivity index (χ2v) is 7.86. The average Bonchev–Trinajstić information content (AvgIpc) is 2.44. The van der Waals surface area contributed by atoms with Crippen LogP contribution in [0.25, 0.3) is 0 Å². The highest BCUT2D eigenvalue weighted by Gasteiger charge is 2.51. The highest BCUT2D eigenvalue weighted by molar-refractivity contribution is 5.22. The molecule has 21 heavy (non-hydrogen) atoms. The third-order valence-corrected chi connectivity index (χ3v) is 6.28. The normalized spacial score (nSPS) is 38.7. The fraction of sp³-hybridized carbons (Fsp3) is 0.667. The van der Waals surface area contributed by atoms with Crippen LogP contribution in [0.2, 0.25) is 0 Å². The summed E-state index contributed by atoms with van der Waals surface area (Å²) in [7, 11) is 0. The Morgan fingerprint density at radius 1 is 1.10 bits per heavy atom. The Balaban J connectivity index is 1.58. The molecule has 0 heterocycles. The van der Waals surface area contributed by atoms with E-state index in [1.54, 1.807) is 12.1 Å². The summed E-state index contributed by atoms with van der Waals surface area (Å²) in [5.41, 5.74) is 4.04. The Morgan fingerprint density at radius 2 is 1.67 bits per heavy atom. The minimum absolute atomic E-state index is 0.0533. The first-order valence-electron chi connectivity index (χ1n) is 8.38. The molecule has 4 aliphatic rings. The first kappa shape index (κ1) is 13.7. The van der Waals surface area contributed by atoms with E-state index in [1.165, 1.54) is 38.5 Å². The van der Waals surface area contributed by atoms with Crippen LogP contribution < -0.4 is 11.3 Å². The van der Waals surface area contributed by atoms with Crippen molar-refractivity contribution in [3.63, 3.8) is 0 Å². The second kappa shape index (κ2) is 5.06. The van der Waals surface area contributed by atoms with Gasteiger partial charge in [0.25, 0.3) is 0 Å². The summed E-state index contributed by atoms with van der Waals surface area (Å²) in [6, 6.07) is 7.02. The predicted octanol–water partition coefficient (Wildman–Crippen LogP) is 3.94. The summed E-state index contributed by atoms with van der Waals surface area (Å²) in [6.07, 6.45) is 9.34. The van der Waals surface area contributed by atoms with Crippen LogP contribution in [0.15, 0.2) is 24.3 Å². The van der Waals surface area contributed by atoms with Crippen molar-refractivity contribution in [3.05, 3.63) is 35.6 Å². The van der Waals surface area contributed by atoms with Crippen LogP contribution in [-0.2, 0) is 0 Å². The summed E-state index contributed by atoms with van der Waals surface area (Å²) in [4.78, 5) is 0. The highest BCUT2D eigenvalue weighted by Crippen LogP contribution is 2.62. The van der Waals surface area contributed by atoms with E-state index >= 15 is 0 Å². The maximum absolute atomic E-state index is 14.1. The van der Waals surface area contributed by atoms with E-state index in [0.717, 1.165) is 29.7 Å². The molecule has 4 fully saturated rings. The monoisotopic (exact) mass is 288 g/mol. The zero-order chi connectivity index (χ0) is 14.4. The maximum atomic E-state index is 14.1. The van der Waals surface area contributed by atoms with Crippen LogP contribution >= 0.6 is 0 Å². The molecule has 0 spiro atoms. The molecule has 0 radical (unpaired) electrons. The third-order valence-electron chi connectivity index (χ3n) is 6.28. The topological polar surface area (TPSA) is 38.0 Å². The molecule has 1 unspecified atom stereocenters. The van der Waals surface area contributed by atoms with Gasteiger partial charge in [0.15, 0.2) is 0 Å². The SMILES string of the molecule is NNC(CC12CC3CC(CC(C3)C1)C2)c1ccccc1F. The minimum atomic E-state index is -0.134. The lowest BCUT2D eigenvalue weighted by Gasteiger charge is -2.57. The molecule has 0 aliphatic heterocycles. The van der Waals surface area contributed by atoms with Crippen molar-refractivity contribution >= 4 is 0 Å². The van der Waals surface area contributed by atoms with Gasteiger partial charge in [-0.25, -0.2) is 4.39 Å². The van der Waals surface area contributed by atoms with Gasteiger partial charge in [-0.2, -0.15) is 0 Å². The van der Waals surface area contributed by atoms with Crippen molar-refractivity contribution in [2.45, 2.75) is 51.0 Å². The van der Waals surface area contributed by atoms with Gasteiger partial charge in [-0.15, -0.1) is 0 Å². The van der Waals surface area contributed by atoms with Crippen molar-refractivity contribution < 1.29 is 4.39 Å². The first-order chi connectivity index (χ1) is 10.2. The van der Waals surface area contributed by atoms with Gasteiger partial charge >= 0.3 is 0 Å². The second-order valence-electron chi connectivity index (χ2n) is 7.86. The standard InChI is InChI=1S/C18H25FN2/c19-16-4-2-1-3-15(16)17(21-20)11-18-8-12-5-13(9-18)7-14(6-12)10-18/h1-4,12-14,17,21H,5-11,20H2. The van der Waals surface area contributed by atoms with E-state index in [-0.39, 0.29) is 11.9 Å². The van der Waals surface area contributed by atoms with Gasteiger partial charge in [0.2, 0.25) is 0 Å². The Kier molecular flexibility index (Phi) is 3.31. The lowest BCUT2D eigenvalue weighted by Crippen LogP contribution is -2.48. The molecule has 4 bridgehead atoms. The molecule has 0 amide bonds. The molecule has 3 heteroatoms. The molecule has 1 atom stereocenters. The fourth-order valence-electron chi connectivity index (χ4n) is 5.99. The summed E-state index contributed by atoms with van der Waals surface area (Å²) in [5, 5.41) is 0. The van der Waals surface area contributed by atoms with Crippen LogP contribution in [0.4, 0.5) is 4.39 Å². The number of nitrogens with two attached hydrogens (primary N) is 1. The van der Waals surface area contributed by atoms with Crippen LogP contribution in [-0.4, -0.2) is 0 Å². The molecule has 114 valence electrons. The highest BCUT2D eigenvalue weighted by atomic mass is 19.1. The zero-order valence-electron chi connectivity index (χ0n) is 12.5. The Labute approximate surface area is 126 Å². The van der Waals surface area contributed by atoms with Gasteiger partial charge in [0.1, 0.15) is 5.82 Å². The van der Waals surface area contributed by atoms with Crippen molar-refractivity contribution in [1.29, 1.82) is 0 Å². The van der Waals surface area contributed by atoms with Gasteiger partial charge in [0.05, 0.1) is 0 Å². The van der Waals surface area contributed by atoms with Gasteiger partial charge < -0.3 is 0 Å². The molecule has 2 nitrogen and oxygen atoms in total. The quantitative estimate of drug-likeness (QED) is 0.650. The number of nitrogens with one attached hydrogen (secondary N) is 1. The number of rotatable bonds is 4. The predicted molar refractivity (Wildman–Crippen MR) is 81.7 cm³/mol. The van der Waals surface area contributed by atoms with E-state index in [9.17, 15) is 4.39 Å². The number of hydrogen-bond donors (Lipinski definition) is 2. The number of benzene rings is 1. The minimum Gasteiger partial charge on any atom is -0.271 e. The van der Waals surface area contributed by atoms with Gasteiger partial charge in [-0.05, 0) is 74.2 Å². The van der Waals surface area contributed by atoms with E-state index in [1.807, 2.05) is 12.1 Å². The summed E-state index contributed by atoms with van der Waals surface area (Å²) < 4.78 is 14.1. The van der Waals surface area contributed by atoms with Crippen molar-refractivity contribution in [3.8, 4) is 0 Å².